The highest BCUT2D eigenvalue weighted by Crippen LogP contribution is 1.91. The van der Waals surface area contributed by atoms with E-state index in [0.717, 1.165) is 12.8 Å². The first-order chi connectivity index (χ1) is 5.84. The molecule has 0 amide bonds. The summed E-state index contributed by atoms with van der Waals surface area (Å²) in [4.78, 5) is 3.81. The molecule has 66 valence electrons. The maximum absolute atomic E-state index is 7.43. The summed E-state index contributed by atoms with van der Waals surface area (Å²) in [7, 11) is 0. The van der Waals surface area contributed by atoms with Gasteiger partial charge in [0.05, 0.1) is 6.61 Å². The van der Waals surface area contributed by atoms with E-state index in [-0.39, 0.29) is 6.02 Å². The smallest absolute Gasteiger partial charge is 0.294 e. The summed E-state index contributed by atoms with van der Waals surface area (Å²) in [5.41, 5.74) is 0. The summed E-state index contributed by atoms with van der Waals surface area (Å²) in [5, 5.41) is 7.43. The number of ether oxygens (including phenoxy) is 1. The van der Waals surface area contributed by atoms with Crippen LogP contribution in [0.25, 0.3) is 0 Å². The first-order valence-electron chi connectivity index (χ1n) is 4.04. The van der Waals surface area contributed by atoms with Crippen molar-refractivity contribution in [3.05, 3.63) is 18.7 Å². The van der Waals surface area contributed by atoms with Crippen LogP contribution in [0.3, 0.4) is 0 Å². The topological polar surface area (TPSA) is 50.9 Å². The Hall–Kier alpha value is -1.32. The molecule has 4 nitrogen and oxygen atoms in total. The monoisotopic (exact) mass is 167 g/mol. The average molecular weight is 167 g/mol. The minimum atomic E-state index is 0.140. The summed E-state index contributed by atoms with van der Waals surface area (Å²) >= 11 is 0. The lowest BCUT2D eigenvalue weighted by molar-refractivity contribution is 0.281. The lowest BCUT2D eigenvalue weighted by Gasteiger charge is -2.05. The Morgan fingerprint density at radius 3 is 3.08 bits per heavy atom. The van der Waals surface area contributed by atoms with Gasteiger partial charge in [-0.2, -0.15) is 0 Å². The van der Waals surface area contributed by atoms with E-state index in [2.05, 4.69) is 11.9 Å². The van der Waals surface area contributed by atoms with Crippen LogP contribution in [0.15, 0.2) is 18.7 Å². The van der Waals surface area contributed by atoms with E-state index >= 15 is 0 Å². The van der Waals surface area contributed by atoms with Crippen molar-refractivity contribution in [1.82, 2.24) is 9.55 Å². The second-order valence-corrected chi connectivity index (χ2v) is 2.48. The highest BCUT2D eigenvalue weighted by molar-refractivity contribution is 5.72. The van der Waals surface area contributed by atoms with Crippen LogP contribution in [-0.4, -0.2) is 22.2 Å². The molecule has 1 rings (SSSR count). The lowest BCUT2D eigenvalue weighted by Crippen LogP contribution is -2.13. The second kappa shape index (κ2) is 4.54. The molecule has 0 bridgehead atoms. The summed E-state index contributed by atoms with van der Waals surface area (Å²) in [6.07, 6.45) is 6.93. The van der Waals surface area contributed by atoms with Gasteiger partial charge in [-0.3, -0.25) is 9.98 Å². The van der Waals surface area contributed by atoms with E-state index in [1.54, 1.807) is 18.7 Å². The van der Waals surface area contributed by atoms with Gasteiger partial charge in [0, 0.05) is 12.4 Å². The Morgan fingerprint density at radius 1 is 1.67 bits per heavy atom. The zero-order valence-corrected chi connectivity index (χ0v) is 7.16. The standard InChI is InChI=1S/C8H13N3O/c1-2-3-6-12-8(9)11-5-4-10-7-11/h4-5,7,9H,2-3,6H2,1H3. The quantitative estimate of drug-likeness (QED) is 0.421. The van der Waals surface area contributed by atoms with Crippen LogP contribution >= 0.6 is 0 Å². The maximum atomic E-state index is 7.43. The van der Waals surface area contributed by atoms with Crippen molar-refractivity contribution in [3.8, 4) is 0 Å². The first-order valence-corrected chi connectivity index (χ1v) is 4.04. The van der Waals surface area contributed by atoms with Crippen molar-refractivity contribution in [3.63, 3.8) is 0 Å². The average Bonchev–Trinajstić information content (AvgIpc) is 2.56. The number of hydrogen-bond donors (Lipinski definition) is 1. The van der Waals surface area contributed by atoms with Crippen LogP contribution < -0.4 is 0 Å². The summed E-state index contributed by atoms with van der Waals surface area (Å²) in [5.74, 6) is 0. The minimum absolute atomic E-state index is 0.140. The predicted molar refractivity (Wildman–Crippen MR) is 46.2 cm³/mol. The molecule has 0 unspecified atom stereocenters. The molecule has 0 aromatic carbocycles. The van der Waals surface area contributed by atoms with Crippen LogP contribution in [0.5, 0.6) is 0 Å². The van der Waals surface area contributed by atoms with Crippen molar-refractivity contribution >= 4 is 6.02 Å². The highest BCUT2D eigenvalue weighted by Gasteiger charge is 1.97. The molecule has 0 saturated heterocycles. The third-order valence-electron chi connectivity index (χ3n) is 1.48. The Bertz CT molecular complexity index is 230. The predicted octanol–water partition coefficient (Wildman–Crippen LogP) is 1.48. The van der Waals surface area contributed by atoms with Crippen molar-refractivity contribution in [2.24, 2.45) is 0 Å². The Balaban J connectivity index is 2.30. The number of hydrogen-bond acceptors (Lipinski definition) is 3. The van der Waals surface area contributed by atoms with Gasteiger partial charge in [0.1, 0.15) is 6.33 Å². The van der Waals surface area contributed by atoms with Crippen LogP contribution in [0, 0.1) is 5.41 Å². The SMILES string of the molecule is CCCCOC(=N)n1ccnc1. The molecule has 0 atom stereocenters. The molecule has 4 heteroatoms. The van der Waals surface area contributed by atoms with Gasteiger partial charge in [-0.1, -0.05) is 13.3 Å². The van der Waals surface area contributed by atoms with Gasteiger partial charge in [-0.15, -0.1) is 0 Å². The number of nitrogens with zero attached hydrogens (tertiary/aromatic N) is 2. The Morgan fingerprint density at radius 2 is 2.50 bits per heavy atom. The molecular formula is C8H13N3O. The summed E-state index contributed by atoms with van der Waals surface area (Å²) in [6, 6.07) is 0.140. The van der Waals surface area contributed by atoms with Gasteiger partial charge < -0.3 is 4.74 Å². The van der Waals surface area contributed by atoms with E-state index in [9.17, 15) is 0 Å². The highest BCUT2D eigenvalue weighted by atomic mass is 16.5. The van der Waals surface area contributed by atoms with Gasteiger partial charge in [0.2, 0.25) is 0 Å². The third kappa shape index (κ3) is 2.38. The fourth-order valence-corrected chi connectivity index (χ4v) is 0.767. The Kier molecular flexibility index (Phi) is 3.32. The molecule has 0 saturated carbocycles. The molecular weight excluding hydrogens is 154 g/mol. The maximum Gasteiger partial charge on any atom is 0.294 e. The van der Waals surface area contributed by atoms with Gasteiger partial charge in [0.15, 0.2) is 0 Å². The molecule has 1 N–H and O–H groups in total. The van der Waals surface area contributed by atoms with Crippen LogP contribution in [0.4, 0.5) is 0 Å². The summed E-state index contributed by atoms with van der Waals surface area (Å²) < 4.78 is 6.67. The van der Waals surface area contributed by atoms with E-state index in [1.807, 2.05) is 0 Å². The minimum Gasteiger partial charge on any atom is -0.465 e. The molecule has 0 radical (unpaired) electrons. The molecule has 1 aromatic heterocycles. The Labute approximate surface area is 71.7 Å². The van der Waals surface area contributed by atoms with E-state index < -0.39 is 0 Å². The molecule has 0 aliphatic rings. The van der Waals surface area contributed by atoms with Crippen LogP contribution in [-0.2, 0) is 4.74 Å². The normalized spacial score (nSPS) is 9.75. The number of rotatable bonds is 3. The van der Waals surface area contributed by atoms with E-state index in [1.165, 1.54) is 4.57 Å². The zero-order valence-electron chi connectivity index (χ0n) is 7.16. The van der Waals surface area contributed by atoms with Crippen molar-refractivity contribution in [2.75, 3.05) is 6.61 Å². The molecule has 1 heterocycles. The van der Waals surface area contributed by atoms with Gasteiger partial charge >= 0.3 is 0 Å². The van der Waals surface area contributed by atoms with Gasteiger partial charge in [0.25, 0.3) is 6.02 Å². The van der Waals surface area contributed by atoms with Crippen molar-refractivity contribution in [2.45, 2.75) is 19.8 Å². The van der Waals surface area contributed by atoms with Gasteiger partial charge in [-0.05, 0) is 6.42 Å². The largest absolute Gasteiger partial charge is 0.465 e. The third-order valence-corrected chi connectivity index (χ3v) is 1.48. The second-order valence-electron chi connectivity index (χ2n) is 2.48. The molecule has 1 aromatic rings. The number of nitrogens with one attached hydrogen (secondary N) is 1. The summed E-state index contributed by atoms with van der Waals surface area (Å²) in [6.45, 7) is 2.69. The van der Waals surface area contributed by atoms with Crippen molar-refractivity contribution < 1.29 is 4.74 Å². The number of aromatic nitrogens is 2. The number of imidazole rings is 1. The molecule has 0 spiro atoms. The van der Waals surface area contributed by atoms with Gasteiger partial charge in [-0.25, -0.2) is 4.98 Å². The number of unbranched alkanes of at least 4 members (excludes halogenated alkanes) is 1. The van der Waals surface area contributed by atoms with E-state index in [4.69, 9.17) is 10.1 Å². The van der Waals surface area contributed by atoms with Crippen LogP contribution in [0.1, 0.15) is 19.8 Å². The molecule has 0 aliphatic heterocycles. The molecule has 0 fully saturated rings. The van der Waals surface area contributed by atoms with Crippen molar-refractivity contribution in [1.29, 1.82) is 5.41 Å². The zero-order chi connectivity index (χ0) is 8.81. The fourth-order valence-electron chi connectivity index (χ4n) is 0.767. The molecule has 0 aliphatic carbocycles. The lowest BCUT2D eigenvalue weighted by atomic mass is 10.4. The first kappa shape index (κ1) is 8.77. The van der Waals surface area contributed by atoms with E-state index in [0.29, 0.717) is 6.61 Å². The fraction of sp³-hybridized carbons (Fsp3) is 0.500. The molecule has 12 heavy (non-hydrogen) atoms. The van der Waals surface area contributed by atoms with Crippen LogP contribution in [0.2, 0.25) is 0 Å².